The molecule has 3 N–H and O–H groups in total. The van der Waals surface area contributed by atoms with E-state index in [2.05, 4.69) is 25.3 Å². The number of rotatable bonds is 11. The summed E-state index contributed by atoms with van der Waals surface area (Å²) >= 11 is 0. The predicted octanol–water partition coefficient (Wildman–Crippen LogP) is 5.98. The Morgan fingerprint density at radius 1 is 0.957 bits per heavy atom. The van der Waals surface area contributed by atoms with Crippen LogP contribution in [0.3, 0.4) is 0 Å². The Balaban J connectivity index is 1.29. The molecule has 0 radical (unpaired) electrons. The Kier molecular flexibility index (Phi) is 8.49. The quantitative estimate of drug-likeness (QED) is 0.162. The number of hydrogen-bond acceptors (Lipinski definition) is 10. The number of nitrogens with two attached hydrogens (primary N) is 1. The van der Waals surface area contributed by atoms with Gasteiger partial charge in [0.2, 0.25) is 5.88 Å². The van der Waals surface area contributed by atoms with Gasteiger partial charge in [0.15, 0.2) is 27.2 Å². The number of nitrogen functional groups attached to an aromatic ring is 1. The van der Waals surface area contributed by atoms with Crippen LogP contribution in [0, 0.1) is 12.7 Å². The van der Waals surface area contributed by atoms with Crippen molar-refractivity contribution in [1.82, 2.24) is 24.5 Å². The van der Waals surface area contributed by atoms with E-state index in [4.69, 9.17) is 15.2 Å². The van der Waals surface area contributed by atoms with Crippen LogP contribution in [0.2, 0.25) is 0 Å². The molecule has 0 aliphatic heterocycles. The van der Waals surface area contributed by atoms with Crippen molar-refractivity contribution >= 4 is 32.4 Å². The topological polar surface area (TPSA) is 147 Å². The van der Waals surface area contributed by atoms with Crippen LogP contribution in [-0.2, 0) is 9.84 Å². The minimum atomic E-state index is -3.38. The molecule has 0 spiro atoms. The number of hydrogen-bond donors (Lipinski definition) is 2. The van der Waals surface area contributed by atoms with Gasteiger partial charge in [-0.2, -0.15) is 0 Å². The molecule has 0 saturated heterocycles. The first-order valence-corrected chi connectivity index (χ1v) is 16.0. The Labute approximate surface area is 264 Å². The second-order valence-electron chi connectivity index (χ2n) is 10.4. The molecule has 0 aliphatic rings. The molecule has 4 aromatic heterocycles. The first kappa shape index (κ1) is 30.5. The highest BCUT2D eigenvalue weighted by Gasteiger charge is 2.22. The van der Waals surface area contributed by atoms with E-state index in [0.717, 1.165) is 5.69 Å². The van der Waals surface area contributed by atoms with E-state index in [0.29, 0.717) is 57.4 Å². The van der Waals surface area contributed by atoms with Gasteiger partial charge in [-0.15, -0.1) is 0 Å². The number of sulfone groups is 1. The largest absolute Gasteiger partial charge is 0.494 e. The zero-order chi connectivity index (χ0) is 32.3. The van der Waals surface area contributed by atoms with Gasteiger partial charge in [0.05, 0.1) is 40.9 Å². The Hall–Kier alpha value is -5.56. The maximum Gasteiger partial charge on any atom is 0.219 e. The minimum absolute atomic E-state index is 0.00286. The number of anilines is 2. The number of benzene rings is 2. The fraction of sp³-hybridized carbons (Fsp3) is 0.152. The van der Waals surface area contributed by atoms with E-state index in [-0.39, 0.29) is 23.2 Å². The third-order valence-corrected chi connectivity index (χ3v) is 9.02. The highest BCUT2D eigenvalue weighted by atomic mass is 32.2. The molecule has 4 heterocycles. The molecule has 6 aromatic rings. The molecule has 13 heteroatoms. The van der Waals surface area contributed by atoms with Crippen LogP contribution in [0.1, 0.15) is 12.1 Å². The summed E-state index contributed by atoms with van der Waals surface area (Å²) in [6.45, 7) is 2.22. The fourth-order valence-electron chi connectivity index (χ4n) is 5.03. The van der Waals surface area contributed by atoms with E-state index in [1.54, 1.807) is 71.4 Å². The zero-order valence-electron chi connectivity index (χ0n) is 25.0. The monoisotopic (exact) mass is 639 g/mol. The van der Waals surface area contributed by atoms with E-state index >= 15 is 4.39 Å². The maximum absolute atomic E-state index is 15.5. The van der Waals surface area contributed by atoms with Gasteiger partial charge in [0.25, 0.3) is 0 Å². The van der Waals surface area contributed by atoms with Crippen LogP contribution in [0.15, 0.2) is 96.3 Å². The summed E-state index contributed by atoms with van der Waals surface area (Å²) in [5.74, 6) is 0.283. The molecule has 11 nitrogen and oxygen atoms in total. The van der Waals surface area contributed by atoms with Gasteiger partial charge in [-0.3, -0.25) is 0 Å². The van der Waals surface area contributed by atoms with Crippen molar-refractivity contribution in [2.24, 2.45) is 0 Å². The molecular weight excluding hydrogens is 609 g/mol. The van der Waals surface area contributed by atoms with Crippen molar-refractivity contribution in [3.8, 4) is 34.5 Å². The number of aromatic nitrogens is 5. The number of nitrogens with zero attached hydrogens (tertiary/aromatic N) is 5. The molecule has 0 bridgehead atoms. The maximum atomic E-state index is 15.5. The zero-order valence-corrected chi connectivity index (χ0v) is 25.8. The number of pyridine rings is 2. The van der Waals surface area contributed by atoms with Crippen LogP contribution in [-0.4, -0.2) is 52.3 Å². The predicted molar refractivity (Wildman–Crippen MR) is 174 cm³/mol. The van der Waals surface area contributed by atoms with Crippen LogP contribution in [0.4, 0.5) is 15.9 Å². The summed E-state index contributed by atoms with van der Waals surface area (Å²) in [4.78, 5) is 17.8. The normalized spacial score (nSPS) is 11.5. The first-order chi connectivity index (χ1) is 22.2. The Morgan fingerprint density at radius 3 is 2.54 bits per heavy atom. The number of methoxy groups -OCH3 is 1. The van der Waals surface area contributed by atoms with Gasteiger partial charge >= 0.3 is 0 Å². The van der Waals surface area contributed by atoms with Crippen molar-refractivity contribution in [3.63, 3.8) is 0 Å². The van der Waals surface area contributed by atoms with E-state index < -0.39 is 15.7 Å². The Morgan fingerprint density at radius 2 is 1.78 bits per heavy atom. The lowest BCUT2D eigenvalue weighted by Crippen LogP contribution is -2.12. The molecule has 0 saturated carbocycles. The number of nitrogens with one attached hydrogen (secondary N) is 1. The van der Waals surface area contributed by atoms with E-state index in [1.165, 1.54) is 25.6 Å². The summed E-state index contributed by atoms with van der Waals surface area (Å²) in [7, 11) is -1.87. The van der Waals surface area contributed by atoms with Gasteiger partial charge in [0, 0.05) is 36.1 Å². The summed E-state index contributed by atoms with van der Waals surface area (Å²) < 4.78 is 53.8. The minimum Gasteiger partial charge on any atom is -0.494 e. The van der Waals surface area contributed by atoms with Crippen molar-refractivity contribution in [3.05, 3.63) is 103 Å². The van der Waals surface area contributed by atoms with Crippen molar-refractivity contribution in [2.75, 3.05) is 30.5 Å². The first-order valence-electron chi connectivity index (χ1n) is 14.3. The molecule has 0 atom stereocenters. The van der Waals surface area contributed by atoms with Gasteiger partial charge < -0.3 is 25.1 Å². The number of fused-ring (bicyclic) bond motifs is 1. The molecule has 0 amide bonds. The van der Waals surface area contributed by atoms with E-state index in [9.17, 15) is 8.42 Å². The van der Waals surface area contributed by atoms with Crippen LogP contribution in [0.25, 0.3) is 28.1 Å². The lowest BCUT2D eigenvalue weighted by atomic mass is 10.2. The molecule has 0 unspecified atom stereocenters. The second kappa shape index (κ2) is 12.8. The van der Waals surface area contributed by atoms with Gasteiger partial charge in [-0.25, -0.2) is 32.7 Å². The van der Waals surface area contributed by atoms with Crippen molar-refractivity contribution in [2.45, 2.75) is 18.2 Å². The third-order valence-electron chi connectivity index (χ3n) is 7.20. The molecule has 0 fully saturated rings. The average Bonchev–Trinajstić information content (AvgIpc) is 3.45. The summed E-state index contributed by atoms with van der Waals surface area (Å²) in [6.07, 6.45) is 3.36. The molecule has 0 aliphatic carbocycles. The molecule has 46 heavy (non-hydrogen) atoms. The van der Waals surface area contributed by atoms with Crippen LogP contribution < -0.4 is 20.5 Å². The smallest absolute Gasteiger partial charge is 0.219 e. The van der Waals surface area contributed by atoms with Crippen LogP contribution >= 0.6 is 0 Å². The van der Waals surface area contributed by atoms with Crippen molar-refractivity contribution < 1.29 is 22.3 Å². The average molecular weight is 640 g/mol. The second-order valence-corrected chi connectivity index (χ2v) is 12.5. The SMILES string of the molecule is COc1cc(NCCCS(=O)(=O)c2ccccc2)cnc1-c1cc2ncnc(N)c2n1-c1ccc(Oc2cccc(C)n2)c(F)c1. The lowest BCUT2D eigenvalue weighted by molar-refractivity contribution is 0.415. The number of ether oxygens (including phenoxy) is 2. The molecule has 2 aromatic carbocycles. The standard InChI is InChI=1S/C33H30FN7O4S/c1-21-8-6-11-30(40-21)45-28-13-12-23(17-25(28)34)41-27(18-26-32(41)33(35)39-20-38-26)31-29(44-2)16-22(19-37-31)36-14-7-15-46(42,43)24-9-4-3-5-10-24/h3-6,8-13,16-20,36H,7,14-15H2,1-2H3,(H2,35,38,39). The van der Waals surface area contributed by atoms with Gasteiger partial charge in [0.1, 0.15) is 23.3 Å². The Bertz CT molecular complexity index is 2140. The fourth-order valence-corrected chi connectivity index (χ4v) is 6.36. The summed E-state index contributed by atoms with van der Waals surface area (Å²) in [5.41, 5.74) is 10.1. The third kappa shape index (κ3) is 6.31. The molecule has 6 rings (SSSR count). The molecular formula is C33H30FN7O4S. The summed E-state index contributed by atoms with van der Waals surface area (Å²) in [5, 5.41) is 3.22. The van der Waals surface area contributed by atoms with Gasteiger partial charge in [-0.05, 0) is 49.7 Å². The van der Waals surface area contributed by atoms with Gasteiger partial charge in [-0.1, -0.05) is 24.3 Å². The number of halogens is 1. The van der Waals surface area contributed by atoms with Crippen molar-refractivity contribution in [1.29, 1.82) is 0 Å². The lowest BCUT2D eigenvalue weighted by Gasteiger charge is -2.15. The molecule has 234 valence electrons. The summed E-state index contributed by atoms with van der Waals surface area (Å²) in [6, 6.07) is 21.7. The highest BCUT2D eigenvalue weighted by Crippen LogP contribution is 2.38. The highest BCUT2D eigenvalue weighted by molar-refractivity contribution is 7.91. The number of aryl methyl sites for hydroxylation is 1. The van der Waals surface area contributed by atoms with Crippen LogP contribution in [0.5, 0.6) is 17.4 Å². The van der Waals surface area contributed by atoms with E-state index in [1.807, 2.05) is 13.0 Å².